The highest BCUT2D eigenvalue weighted by atomic mass is 32.2. The summed E-state index contributed by atoms with van der Waals surface area (Å²) in [6.07, 6.45) is 3.32. The molecule has 2 aromatic rings. The van der Waals surface area contributed by atoms with Gasteiger partial charge in [-0.3, -0.25) is 4.98 Å². The molecule has 2 rings (SSSR count). The summed E-state index contributed by atoms with van der Waals surface area (Å²) in [6, 6.07) is 1.78. The summed E-state index contributed by atoms with van der Waals surface area (Å²) in [6.45, 7) is 3.54. The van der Waals surface area contributed by atoms with E-state index in [0.29, 0.717) is 10.4 Å². The molecule has 0 saturated heterocycles. The van der Waals surface area contributed by atoms with Crippen LogP contribution in [-0.4, -0.2) is 18.5 Å². The molecule has 7 heteroatoms. The minimum atomic E-state index is -3.63. The van der Waals surface area contributed by atoms with Crippen molar-refractivity contribution in [3.05, 3.63) is 45.4 Å². The topological polar surface area (TPSA) is 79.3 Å². The Morgan fingerprint density at radius 2 is 2.10 bits per heavy atom. The first-order valence-corrected chi connectivity index (χ1v) is 8.39. The van der Waals surface area contributed by atoms with Gasteiger partial charge in [0.15, 0.2) is 0 Å². The number of rotatable bonds is 5. The predicted molar refractivity (Wildman–Crippen MR) is 78.0 cm³/mol. The molecule has 0 saturated carbocycles. The Morgan fingerprint density at radius 1 is 1.35 bits per heavy atom. The lowest BCUT2D eigenvalue weighted by molar-refractivity contribution is 0.282. The van der Waals surface area contributed by atoms with Crippen molar-refractivity contribution < 1.29 is 13.5 Å². The molecule has 2 N–H and O–H groups in total. The van der Waals surface area contributed by atoms with Gasteiger partial charge in [-0.15, -0.1) is 11.3 Å². The molecule has 2 aromatic heterocycles. The van der Waals surface area contributed by atoms with Crippen molar-refractivity contribution in [3.8, 4) is 0 Å². The fourth-order valence-electron chi connectivity index (χ4n) is 1.90. The van der Waals surface area contributed by atoms with Gasteiger partial charge in [-0.25, -0.2) is 13.1 Å². The third kappa shape index (κ3) is 3.06. The third-order valence-electron chi connectivity index (χ3n) is 2.99. The third-order valence-corrected chi connectivity index (χ3v) is 5.84. The van der Waals surface area contributed by atoms with E-state index in [4.69, 9.17) is 0 Å². The monoisotopic (exact) mass is 312 g/mol. The predicted octanol–water partition coefficient (Wildman–Crippen LogP) is 1.73. The molecular formula is C13H16N2O3S2. The smallest absolute Gasteiger partial charge is 0.242 e. The summed E-state index contributed by atoms with van der Waals surface area (Å²) >= 11 is 1.25. The van der Waals surface area contributed by atoms with Crippen LogP contribution in [0.15, 0.2) is 28.7 Å². The molecule has 2 heterocycles. The Bertz CT molecular complexity index is 708. The second-order valence-corrected chi connectivity index (χ2v) is 7.12. The van der Waals surface area contributed by atoms with Crippen LogP contribution in [0.4, 0.5) is 0 Å². The lowest BCUT2D eigenvalue weighted by Crippen LogP contribution is -2.24. The lowest BCUT2D eigenvalue weighted by Gasteiger charge is -2.09. The van der Waals surface area contributed by atoms with Crippen LogP contribution in [0.5, 0.6) is 0 Å². The van der Waals surface area contributed by atoms with E-state index in [1.54, 1.807) is 30.8 Å². The molecule has 0 atom stereocenters. The maximum Gasteiger partial charge on any atom is 0.242 e. The molecule has 0 aliphatic rings. The zero-order valence-corrected chi connectivity index (χ0v) is 12.9. The second kappa shape index (κ2) is 6.01. The SMILES string of the molecule is Cc1cnccc1CNS(=O)(=O)c1c(C)csc1CO. The van der Waals surface area contributed by atoms with Crippen LogP contribution in [0.2, 0.25) is 0 Å². The number of aliphatic hydroxyl groups excluding tert-OH is 1. The molecule has 0 amide bonds. The van der Waals surface area contributed by atoms with Crippen molar-refractivity contribution >= 4 is 21.4 Å². The molecule has 0 aromatic carbocycles. The van der Waals surface area contributed by atoms with Crippen LogP contribution in [0, 0.1) is 13.8 Å². The summed E-state index contributed by atoms with van der Waals surface area (Å²) in [5.41, 5.74) is 2.46. The second-order valence-electron chi connectivity index (χ2n) is 4.46. The minimum absolute atomic E-state index is 0.191. The highest BCUT2D eigenvalue weighted by Crippen LogP contribution is 2.26. The molecule has 0 aliphatic heterocycles. The van der Waals surface area contributed by atoms with Crippen molar-refractivity contribution in [2.75, 3.05) is 0 Å². The molecule has 20 heavy (non-hydrogen) atoms. The number of aromatic nitrogens is 1. The number of hydrogen-bond donors (Lipinski definition) is 2. The van der Waals surface area contributed by atoms with Crippen molar-refractivity contribution in [1.29, 1.82) is 0 Å². The van der Waals surface area contributed by atoms with Gasteiger partial charge >= 0.3 is 0 Å². The van der Waals surface area contributed by atoms with Gasteiger partial charge in [0.1, 0.15) is 4.90 Å². The first-order valence-electron chi connectivity index (χ1n) is 6.02. The first-order chi connectivity index (χ1) is 9.45. The number of aliphatic hydroxyl groups is 1. The van der Waals surface area contributed by atoms with E-state index in [9.17, 15) is 13.5 Å². The molecule has 108 valence electrons. The summed E-state index contributed by atoms with van der Waals surface area (Å²) in [5, 5.41) is 11.0. The van der Waals surface area contributed by atoms with E-state index < -0.39 is 10.0 Å². The Balaban J connectivity index is 2.24. The molecule has 0 unspecified atom stereocenters. The lowest BCUT2D eigenvalue weighted by atomic mass is 10.2. The summed E-state index contributed by atoms with van der Waals surface area (Å²) in [4.78, 5) is 4.62. The van der Waals surface area contributed by atoms with Gasteiger partial charge in [0.2, 0.25) is 10.0 Å². The number of nitrogens with one attached hydrogen (secondary N) is 1. The number of nitrogens with zero attached hydrogens (tertiary/aromatic N) is 1. The number of aryl methyl sites for hydroxylation is 2. The molecular weight excluding hydrogens is 296 g/mol. The maximum atomic E-state index is 12.3. The fraction of sp³-hybridized carbons (Fsp3) is 0.308. The molecule has 0 radical (unpaired) electrons. The highest BCUT2D eigenvalue weighted by Gasteiger charge is 2.22. The zero-order valence-electron chi connectivity index (χ0n) is 11.3. The molecule has 0 spiro atoms. The van der Waals surface area contributed by atoms with E-state index in [-0.39, 0.29) is 18.0 Å². The number of thiophene rings is 1. The molecule has 0 fully saturated rings. The largest absolute Gasteiger partial charge is 0.391 e. The average molecular weight is 312 g/mol. The molecule has 0 aliphatic carbocycles. The molecule has 5 nitrogen and oxygen atoms in total. The normalized spacial score (nSPS) is 11.8. The van der Waals surface area contributed by atoms with Crippen LogP contribution in [-0.2, 0) is 23.2 Å². The Morgan fingerprint density at radius 3 is 2.75 bits per heavy atom. The summed E-state index contributed by atoms with van der Waals surface area (Å²) in [7, 11) is -3.63. The minimum Gasteiger partial charge on any atom is -0.391 e. The quantitative estimate of drug-likeness (QED) is 0.881. The summed E-state index contributed by atoms with van der Waals surface area (Å²) < 4.78 is 27.3. The zero-order chi connectivity index (χ0) is 14.8. The van der Waals surface area contributed by atoms with Gasteiger partial charge in [0.05, 0.1) is 11.5 Å². The highest BCUT2D eigenvalue weighted by molar-refractivity contribution is 7.89. The van der Waals surface area contributed by atoms with Crippen LogP contribution in [0.25, 0.3) is 0 Å². The standard InChI is InChI=1S/C13H16N2O3S2/c1-9-5-14-4-3-11(9)6-15-20(17,18)13-10(2)8-19-12(13)7-16/h3-5,8,15-16H,6-7H2,1-2H3. The van der Waals surface area contributed by atoms with Crippen LogP contribution >= 0.6 is 11.3 Å². The van der Waals surface area contributed by atoms with E-state index in [2.05, 4.69) is 9.71 Å². The average Bonchev–Trinajstić information content (AvgIpc) is 2.80. The number of sulfonamides is 1. The van der Waals surface area contributed by atoms with Gasteiger partial charge in [-0.05, 0) is 42.0 Å². The van der Waals surface area contributed by atoms with Gasteiger partial charge < -0.3 is 5.11 Å². The van der Waals surface area contributed by atoms with Crippen LogP contribution in [0.3, 0.4) is 0 Å². The van der Waals surface area contributed by atoms with E-state index >= 15 is 0 Å². The Hall–Kier alpha value is -1.28. The van der Waals surface area contributed by atoms with Crippen molar-refractivity contribution in [2.24, 2.45) is 0 Å². The van der Waals surface area contributed by atoms with Crippen LogP contribution in [0.1, 0.15) is 21.6 Å². The van der Waals surface area contributed by atoms with Crippen LogP contribution < -0.4 is 4.72 Å². The van der Waals surface area contributed by atoms with Gasteiger partial charge in [0.25, 0.3) is 0 Å². The van der Waals surface area contributed by atoms with Crippen molar-refractivity contribution in [2.45, 2.75) is 31.9 Å². The maximum absolute atomic E-state index is 12.3. The fourth-order valence-corrected chi connectivity index (χ4v) is 4.57. The van der Waals surface area contributed by atoms with Crippen molar-refractivity contribution in [1.82, 2.24) is 9.71 Å². The first kappa shape index (κ1) is 15.1. The number of pyridine rings is 1. The van der Waals surface area contributed by atoms with E-state index in [0.717, 1.165) is 11.1 Å². The van der Waals surface area contributed by atoms with Gasteiger partial charge in [-0.2, -0.15) is 0 Å². The van der Waals surface area contributed by atoms with Gasteiger partial charge in [-0.1, -0.05) is 0 Å². The van der Waals surface area contributed by atoms with E-state index in [1.807, 2.05) is 6.92 Å². The molecule has 0 bridgehead atoms. The number of hydrogen-bond acceptors (Lipinski definition) is 5. The van der Waals surface area contributed by atoms with Gasteiger partial charge in [0, 0.05) is 18.9 Å². The Kier molecular flexibility index (Phi) is 4.54. The van der Waals surface area contributed by atoms with Crippen molar-refractivity contribution in [3.63, 3.8) is 0 Å². The van der Waals surface area contributed by atoms with E-state index in [1.165, 1.54) is 11.3 Å². The summed E-state index contributed by atoms with van der Waals surface area (Å²) in [5.74, 6) is 0. The Labute approximate surface area is 122 Å².